The molecule has 24 heavy (non-hydrogen) atoms. The number of carbonyl (C=O) groups excluding carboxylic acids is 1. The van der Waals surface area contributed by atoms with Gasteiger partial charge >= 0.3 is 0 Å². The molecule has 4 nitrogen and oxygen atoms in total. The number of furan rings is 1. The maximum absolute atomic E-state index is 11.8. The Morgan fingerprint density at radius 3 is 2.96 bits per heavy atom. The van der Waals surface area contributed by atoms with Crippen LogP contribution < -0.4 is 5.32 Å². The molecule has 2 aromatic rings. The lowest BCUT2D eigenvalue weighted by Gasteiger charge is -1.96. The monoisotopic (exact) mass is 354 g/mol. The smallest absolute Gasteiger partial charge is 0.263 e. The van der Waals surface area contributed by atoms with E-state index < -0.39 is 0 Å². The molecule has 6 heteroatoms. The summed E-state index contributed by atoms with van der Waals surface area (Å²) in [5.41, 5.74) is 1.51. The summed E-state index contributed by atoms with van der Waals surface area (Å²) in [5.74, 6) is 7.45. The first-order valence-corrected chi connectivity index (χ1v) is 9.05. The number of thiocarbonyl (C=S) groups is 1. The van der Waals surface area contributed by atoms with Crippen LogP contribution in [0.25, 0.3) is 17.0 Å². The van der Waals surface area contributed by atoms with Crippen molar-refractivity contribution in [1.29, 1.82) is 0 Å². The van der Waals surface area contributed by atoms with E-state index in [2.05, 4.69) is 22.1 Å². The number of hydrogen-bond donors (Lipinski definition) is 1. The molecular weight excluding hydrogens is 340 g/mol. The summed E-state index contributed by atoms with van der Waals surface area (Å²) in [6.45, 7) is 0. The number of fused-ring (bicyclic) bond motifs is 1. The minimum absolute atomic E-state index is 0.190. The van der Waals surface area contributed by atoms with Crippen LogP contribution in [0.3, 0.4) is 0 Å². The highest BCUT2D eigenvalue weighted by Crippen LogP contribution is 2.29. The molecule has 0 spiro atoms. The van der Waals surface area contributed by atoms with Gasteiger partial charge in [0.15, 0.2) is 5.58 Å². The van der Waals surface area contributed by atoms with Crippen molar-refractivity contribution in [3.05, 3.63) is 34.7 Å². The van der Waals surface area contributed by atoms with Crippen molar-refractivity contribution in [3.63, 3.8) is 0 Å². The average Bonchev–Trinajstić information content (AvgIpc) is 3.26. The number of pyridine rings is 1. The Balaban J connectivity index is 1.68. The molecule has 0 atom stereocenters. The van der Waals surface area contributed by atoms with E-state index in [4.69, 9.17) is 16.6 Å². The van der Waals surface area contributed by atoms with Gasteiger partial charge in [-0.1, -0.05) is 48.7 Å². The Labute approximate surface area is 149 Å². The summed E-state index contributed by atoms with van der Waals surface area (Å²) in [6, 6.07) is 1.87. The van der Waals surface area contributed by atoms with Crippen molar-refractivity contribution >= 4 is 51.3 Å². The lowest BCUT2D eigenvalue weighted by molar-refractivity contribution is -0.115. The molecule has 1 aliphatic carbocycles. The van der Waals surface area contributed by atoms with Crippen LogP contribution in [0, 0.1) is 17.8 Å². The second kappa shape index (κ2) is 6.42. The molecule has 2 aliphatic rings. The zero-order valence-corrected chi connectivity index (χ0v) is 14.4. The molecule has 1 saturated heterocycles. The van der Waals surface area contributed by atoms with Gasteiger partial charge in [0.25, 0.3) is 5.91 Å². The molecule has 120 valence electrons. The van der Waals surface area contributed by atoms with Gasteiger partial charge in [-0.2, -0.15) is 0 Å². The van der Waals surface area contributed by atoms with Crippen LogP contribution >= 0.6 is 24.0 Å². The molecule has 1 N–H and O–H groups in total. The molecule has 1 saturated carbocycles. The van der Waals surface area contributed by atoms with Crippen LogP contribution in [0.5, 0.6) is 0 Å². The van der Waals surface area contributed by atoms with Crippen LogP contribution in [0.2, 0.25) is 0 Å². The molecule has 2 aromatic heterocycles. The normalized spacial score (nSPS) is 19.8. The number of carbonyl (C=O) groups is 1. The number of nitrogens with zero attached hydrogens (tertiary/aromatic N) is 1. The van der Waals surface area contributed by atoms with E-state index in [-0.39, 0.29) is 5.91 Å². The van der Waals surface area contributed by atoms with Crippen LogP contribution in [0.15, 0.2) is 27.8 Å². The van der Waals surface area contributed by atoms with Crippen molar-refractivity contribution < 1.29 is 9.21 Å². The fourth-order valence-electron chi connectivity index (χ4n) is 2.94. The van der Waals surface area contributed by atoms with Crippen LogP contribution in [-0.2, 0) is 4.79 Å². The molecular formula is C18H14N2O2S2. The zero-order valence-electron chi connectivity index (χ0n) is 12.8. The highest BCUT2D eigenvalue weighted by Gasteiger charge is 2.22. The highest BCUT2D eigenvalue weighted by molar-refractivity contribution is 8.26. The second-order valence-electron chi connectivity index (χ2n) is 5.86. The summed E-state index contributed by atoms with van der Waals surface area (Å²) in [7, 11) is 0. The standard InChI is InChI=1S/C18H14N2O2S2/c21-17-15(24-18(23)20-17)8-14-7-13-10-19-9-12(16(13)22-14)6-5-11-3-1-2-4-11/h7-11H,1-4H2,(H,20,21,23)/b15-8-. The number of amides is 1. The van der Waals surface area contributed by atoms with E-state index in [1.54, 1.807) is 18.5 Å². The Bertz CT molecular complexity index is 927. The third kappa shape index (κ3) is 3.10. The van der Waals surface area contributed by atoms with Gasteiger partial charge in [-0.15, -0.1) is 0 Å². The first-order chi connectivity index (χ1) is 11.7. The van der Waals surface area contributed by atoms with E-state index in [9.17, 15) is 4.79 Å². The number of hydrogen-bond acceptors (Lipinski definition) is 5. The van der Waals surface area contributed by atoms with E-state index in [1.807, 2.05) is 6.07 Å². The highest BCUT2D eigenvalue weighted by atomic mass is 32.2. The zero-order chi connectivity index (χ0) is 16.5. The summed E-state index contributed by atoms with van der Waals surface area (Å²) >= 11 is 6.23. The van der Waals surface area contributed by atoms with Gasteiger partial charge in [-0.05, 0) is 18.9 Å². The minimum Gasteiger partial charge on any atom is -0.455 e. The minimum atomic E-state index is -0.190. The van der Waals surface area contributed by atoms with Crippen molar-refractivity contribution in [1.82, 2.24) is 10.3 Å². The van der Waals surface area contributed by atoms with Crippen LogP contribution in [-0.4, -0.2) is 15.2 Å². The van der Waals surface area contributed by atoms with E-state index in [0.29, 0.717) is 26.5 Å². The van der Waals surface area contributed by atoms with Crippen molar-refractivity contribution in [2.75, 3.05) is 0 Å². The SMILES string of the molecule is O=C1NC(=S)S/C1=C\c1cc2cncc(C#CC3CCCC3)c2o1. The molecule has 2 fully saturated rings. The van der Waals surface area contributed by atoms with Crippen LogP contribution in [0.1, 0.15) is 37.0 Å². The van der Waals surface area contributed by atoms with Gasteiger partial charge in [0, 0.05) is 29.8 Å². The molecule has 0 unspecified atom stereocenters. The molecule has 0 aromatic carbocycles. The number of aromatic nitrogens is 1. The molecule has 1 aliphatic heterocycles. The summed E-state index contributed by atoms with van der Waals surface area (Å²) in [6.07, 6.45) is 10.1. The third-order valence-electron chi connectivity index (χ3n) is 4.12. The van der Waals surface area contributed by atoms with Gasteiger partial charge in [0.05, 0.1) is 10.5 Å². The van der Waals surface area contributed by atoms with Gasteiger partial charge in [0.1, 0.15) is 10.1 Å². The quantitative estimate of drug-likeness (QED) is 0.479. The largest absolute Gasteiger partial charge is 0.455 e. The Morgan fingerprint density at radius 1 is 1.38 bits per heavy atom. The van der Waals surface area contributed by atoms with Gasteiger partial charge in [-0.3, -0.25) is 9.78 Å². The number of rotatable bonds is 1. The van der Waals surface area contributed by atoms with E-state index >= 15 is 0 Å². The maximum atomic E-state index is 11.8. The van der Waals surface area contributed by atoms with Crippen molar-refractivity contribution in [2.24, 2.45) is 5.92 Å². The van der Waals surface area contributed by atoms with Gasteiger partial charge < -0.3 is 9.73 Å². The predicted octanol–water partition coefficient (Wildman–Crippen LogP) is 3.86. The Morgan fingerprint density at radius 2 is 2.21 bits per heavy atom. The van der Waals surface area contributed by atoms with E-state index in [1.165, 1.54) is 37.4 Å². The van der Waals surface area contributed by atoms with Gasteiger partial charge in [0.2, 0.25) is 0 Å². The lowest BCUT2D eigenvalue weighted by Crippen LogP contribution is -2.17. The third-order valence-corrected chi connectivity index (χ3v) is 5.29. The molecule has 0 bridgehead atoms. The van der Waals surface area contributed by atoms with Crippen molar-refractivity contribution in [2.45, 2.75) is 25.7 Å². The first-order valence-electron chi connectivity index (χ1n) is 7.83. The Kier molecular flexibility index (Phi) is 4.13. The second-order valence-corrected chi connectivity index (χ2v) is 7.58. The average molecular weight is 354 g/mol. The lowest BCUT2D eigenvalue weighted by atomic mass is 10.1. The van der Waals surface area contributed by atoms with Gasteiger partial charge in [-0.25, -0.2) is 0 Å². The number of thioether (sulfide) groups is 1. The molecule has 4 rings (SSSR count). The topological polar surface area (TPSA) is 55.1 Å². The number of nitrogens with one attached hydrogen (secondary N) is 1. The van der Waals surface area contributed by atoms with Crippen molar-refractivity contribution in [3.8, 4) is 11.8 Å². The summed E-state index contributed by atoms with van der Waals surface area (Å²) in [4.78, 5) is 16.5. The molecule has 1 amide bonds. The molecule has 3 heterocycles. The summed E-state index contributed by atoms with van der Waals surface area (Å²) < 4.78 is 6.37. The van der Waals surface area contributed by atoms with Crippen LogP contribution in [0.4, 0.5) is 0 Å². The Hall–Kier alpha value is -2.10. The summed E-state index contributed by atoms with van der Waals surface area (Å²) in [5, 5.41) is 3.48. The molecule has 0 radical (unpaired) electrons. The predicted molar refractivity (Wildman–Crippen MR) is 99.2 cm³/mol. The fourth-order valence-corrected chi connectivity index (χ4v) is 3.97. The first kappa shape index (κ1) is 15.4. The fraction of sp³-hybridized carbons (Fsp3) is 0.278. The maximum Gasteiger partial charge on any atom is 0.263 e. The van der Waals surface area contributed by atoms with E-state index in [0.717, 1.165) is 10.9 Å².